The number of benzene rings is 2. The van der Waals surface area contributed by atoms with Crippen molar-refractivity contribution in [2.75, 3.05) is 27.9 Å². The van der Waals surface area contributed by atoms with Crippen molar-refractivity contribution in [1.82, 2.24) is 0 Å². The molecule has 8 heteroatoms. The maximum absolute atomic E-state index is 12.1. The van der Waals surface area contributed by atoms with Crippen LogP contribution in [0.2, 0.25) is 0 Å². The molecule has 1 aliphatic rings. The van der Waals surface area contributed by atoms with E-state index in [4.69, 9.17) is 14.2 Å². The third kappa shape index (κ3) is 4.48. The van der Waals surface area contributed by atoms with Gasteiger partial charge in [0.2, 0.25) is 0 Å². The summed E-state index contributed by atoms with van der Waals surface area (Å²) in [6.07, 6.45) is 1.07. The Balaban J connectivity index is 1.93. The zero-order chi connectivity index (χ0) is 21.0. The lowest BCUT2D eigenvalue weighted by atomic mass is 9.89. The van der Waals surface area contributed by atoms with Crippen molar-refractivity contribution < 1.29 is 28.8 Å². The zero-order valence-corrected chi connectivity index (χ0v) is 16.8. The quantitative estimate of drug-likeness (QED) is 0.433. The van der Waals surface area contributed by atoms with E-state index in [-0.39, 0.29) is 24.1 Å². The first-order chi connectivity index (χ1) is 14.0. The van der Waals surface area contributed by atoms with Crippen LogP contribution in [0.1, 0.15) is 29.2 Å². The zero-order valence-electron chi connectivity index (χ0n) is 16.8. The smallest absolute Gasteiger partial charge is 0.311 e. The topological polar surface area (TPSA) is 92.3 Å². The number of nitrogens with one attached hydrogen (secondary N) is 1. The number of carbonyl (C=O) groups is 1. The maximum Gasteiger partial charge on any atom is 0.311 e. The van der Waals surface area contributed by atoms with Gasteiger partial charge in [-0.3, -0.25) is 14.9 Å². The van der Waals surface area contributed by atoms with E-state index >= 15 is 0 Å². The van der Waals surface area contributed by atoms with Crippen molar-refractivity contribution in [3.63, 3.8) is 0 Å². The van der Waals surface area contributed by atoms with Crippen molar-refractivity contribution in [2.45, 2.75) is 25.4 Å². The number of quaternary nitrogens is 1. The van der Waals surface area contributed by atoms with E-state index in [1.807, 2.05) is 12.1 Å². The van der Waals surface area contributed by atoms with Crippen LogP contribution >= 0.6 is 0 Å². The molecule has 0 radical (unpaired) electrons. The van der Waals surface area contributed by atoms with Gasteiger partial charge in [-0.05, 0) is 29.8 Å². The third-order valence-electron chi connectivity index (χ3n) is 5.41. The number of nitro benzene ring substituents is 1. The van der Waals surface area contributed by atoms with E-state index in [1.54, 1.807) is 26.4 Å². The monoisotopic (exact) mass is 401 g/mol. The molecular formula is C21H25N2O6+. The van der Waals surface area contributed by atoms with Crippen LogP contribution in [-0.2, 0) is 22.5 Å². The molecule has 1 N–H and O–H groups in total. The Kier molecular flexibility index (Phi) is 6.33. The Bertz CT molecular complexity index is 897. The maximum atomic E-state index is 12.1. The van der Waals surface area contributed by atoms with Crippen LogP contribution in [0.3, 0.4) is 0 Å². The molecule has 0 fully saturated rings. The summed E-state index contributed by atoms with van der Waals surface area (Å²) < 4.78 is 15.8. The lowest BCUT2D eigenvalue weighted by Crippen LogP contribution is -3.12. The van der Waals surface area contributed by atoms with Gasteiger partial charge in [-0.2, -0.15) is 0 Å². The van der Waals surface area contributed by atoms with Gasteiger partial charge in [-0.15, -0.1) is 0 Å². The molecule has 2 aromatic carbocycles. The van der Waals surface area contributed by atoms with Gasteiger partial charge in [0.15, 0.2) is 11.5 Å². The summed E-state index contributed by atoms with van der Waals surface area (Å²) in [6, 6.07) is 10.4. The first kappa shape index (κ1) is 20.6. The largest absolute Gasteiger partial charge is 0.493 e. The Morgan fingerprint density at radius 1 is 1.14 bits per heavy atom. The Morgan fingerprint density at radius 3 is 2.38 bits per heavy atom. The number of rotatable bonds is 7. The van der Waals surface area contributed by atoms with Gasteiger partial charge >= 0.3 is 5.97 Å². The molecule has 1 unspecified atom stereocenters. The molecule has 29 heavy (non-hydrogen) atoms. The van der Waals surface area contributed by atoms with E-state index in [1.165, 1.54) is 24.1 Å². The van der Waals surface area contributed by atoms with E-state index in [9.17, 15) is 14.9 Å². The molecule has 0 amide bonds. The second-order valence-electron chi connectivity index (χ2n) is 7.00. The Morgan fingerprint density at radius 2 is 1.79 bits per heavy atom. The van der Waals surface area contributed by atoms with Crippen LogP contribution in [0, 0.1) is 10.1 Å². The highest BCUT2D eigenvalue weighted by molar-refractivity contribution is 5.70. The van der Waals surface area contributed by atoms with Crippen LogP contribution in [0.4, 0.5) is 5.69 Å². The number of hydrogen-bond donors (Lipinski definition) is 1. The molecule has 0 saturated carbocycles. The molecule has 0 aliphatic carbocycles. The molecule has 2 atom stereocenters. The summed E-state index contributed by atoms with van der Waals surface area (Å²) >= 11 is 0. The summed E-state index contributed by atoms with van der Waals surface area (Å²) in [5.74, 6) is 1.01. The van der Waals surface area contributed by atoms with E-state index < -0.39 is 4.92 Å². The van der Waals surface area contributed by atoms with Crippen molar-refractivity contribution in [2.24, 2.45) is 0 Å². The molecule has 0 spiro atoms. The number of methoxy groups -OCH3 is 3. The minimum atomic E-state index is -0.409. The number of ether oxygens (including phenoxy) is 3. The fraction of sp³-hybridized carbons (Fsp3) is 0.381. The molecule has 1 heterocycles. The fourth-order valence-electron chi connectivity index (χ4n) is 3.88. The van der Waals surface area contributed by atoms with Gasteiger partial charge in [0.1, 0.15) is 19.0 Å². The highest BCUT2D eigenvalue weighted by Crippen LogP contribution is 2.35. The van der Waals surface area contributed by atoms with E-state index in [0.29, 0.717) is 18.0 Å². The number of hydrogen-bond acceptors (Lipinski definition) is 6. The number of fused-ring (bicyclic) bond motifs is 1. The molecule has 0 aromatic heterocycles. The minimum Gasteiger partial charge on any atom is -0.493 e. The normalized spacial score (nSPS) is 17.9. The summed E-state index contributed by atoms with van der Waals surface area (Å²) in [5.41, 5.74) is 3.21. The average Bonchev–Trinajstić information content (AvgIpc) is 2.74. The third-order valence-corrected chi connectivity index (χ3v) is 5.41. The Hall–Kier alpha value is -3.13. The van der Waals surface area contributed by atoms with Crippen LogP contribution in [0.15, 0.2) is 36.4 Å². The summed E-state index contributed by atoms with van der Waals surface area (Å²) in [5, 5.41) is 10.9. The fourth-order valence-corrected chi connectivity index (χ4v) is 3.88. The molecule has 2 aromatic rings. The lowest BCUT2D eigenvalue weighted by Gasteiger charge is -2.34. The average molecular weight is 401 g/mol. The summed E-state index contributed by atoms with van der Waals surface area (Å²) in [4.78, 5) is 23.8. The standard InChI is InChI=1S/C21H24N2O6/c1-27-19-10-15-8-9-22(13-14-4-6-16(7-5-14)23(25)26)18(12-21(24)29-3)17(15)11-20(19)28-2/h4-7,10-11,18H,8-9,12-13H2,1-3H3/p+1/t18-/m1/s1. The number of carbonyl (C=O) groups excluding carboxylic acids is 1. The lowest BCUT2D eigenvalue weighted by molar-refractivity contribution is -0.946. The van der Waals surface area contributed by atoms with E-state index in [2.05, 4.69) is 0 Å². The van der Waals surface area contributed by atoms with Gasteiger partial charge < -0.3 is 19.1 Å². The molecular weight excluding hydrogens is 376 g/mol. The molecule has 0 saturated heterocycles. The number of non-ortho nitro benzene ring substituents is 1. The van der Waals surface area contributed by atoms with Crippen LogP contribution < -0.4 is 14.4 Å². The molecule has 1 aliphatic heterocycles. The number of nitrogens with zero attached hydrogens (tertiary/aromatic N) is 1. The Labute approximate surface area is 169 Å². The predicted molar refractivity (Wildman–Crippen MR) is 105 cm³/mol. The number of esters is 1. The highest BCUT2D eigenvalue weighted by atomic mass is 16.6. The van der Waals surface area contributed by atoms with Gasteiger partial charge in [0.25, 0.3) is 5.69 Å². The van der Waals surface area contributed by atoms with Crippen LogP contribution in [0.25, 0.3) is 0 Å². The van der Waals surface area contributed by atoms with Crippen LogP contribution in [-0.4, -0.2) is 38.8 Å². The SMILES string of the molecule is COC(=O)C[C@@H]1c2cc(OC)c(OC)cc2CC[NH+]1Cc1ccc([N+](=O)[O-])cc1. The van der Waals surface area contributed by atoms with Gasteiger partial charge in [0, 0.05) is 29.7 Å². The molecule has 0 bridgehead atoms. The van der Waals surface area contributed by atoms with Gasteiger partial charge in [0.05, 0.1) is 32.8 Å². The van der Waals surface area contributed by atoms with Crippen LogP contribution in [0.5, 0.6) is 11.5 Å². The first-order valence-corrected chi connectivity index (χ1v) is 9.36. The van der Waals surface area contributed by atoms with Crippen molar-refractivity contribution in [3.05, 3.63) is 63.2 Å². The molecule has 3 rings (SSSR count). The van der Waals surface area contributed by atoms with Gasteiger partial charge in [-0.25, -0.2) is 0 Å². The highest BCUT2D eigenvalue weighted by Gasteiger charge is 2.34. The first-order valence-electron chi connectivity index (χ1n) is 9.36. The van der Waals surface area contributed by atoms with E-state index in [0.717, 1.165) is 29.7 Å². The second kappa shape index (κ2) is 8.91. The predicted octanol–water partition coefficient (Wildman–Crippen LogP) is 1.86. The van der Waals surface area contributed by atoms with Gasteiger partial charge in [-0.1, -0.05) is 0 Å². The molecule has 154 valence electrons. The summed E-state index contributed by atoms with van der Waals surface area (Å²) in [6.45, 7) is 1.47. The molecule has 8 nitrogen and oxygen atoms in total. The minimum absolute atomic E-state index is 0.0654. The van der Waals surface area contributed by atoms with Crippen molar-refractivity contribution in [3.8, 4) is 11.5 Å². The number of nitro groups is 1. The summed E-state index contributed by atoms with van der Waals surface area (Å²) in [7, 11) is 4.58. The van der Waals surface area contributed by atoms with Crippen molar-refractivity contribution in [1.29, 1.82) is 0 Å². The second-order valence-corrected chi connectivity index (χ2v) is 7.00. The van der Waals surface area contributed by atoms with Crippen molar-refractivity contribution >= 4 is 11.7 Å².